The van der Waals surface area contributed by atoms with Gasteiger partial charge in [0.1, 0.15) is 6.04 Å². The number of primary amides is 1. The van der Waals surface area contributed by atoms with Crippen molar-refractivity contribution in [2.45, 2.75) is 37.7 Å². The summed E-state index contributed by atoms with van der Waals surface area (Å²) in [7, 11) is 0. The first-order valence-electron chi connectivity index (χ1n) is 9.77. The van der Waals surface area contributed by atoms with Crippen molar-refractivity contribution in [3.8, 4) is 0 Å². The van der Waals surface area contributed by atoms with Crippen LogP contribution in [0.4, 0.5) is 26.3 Å². The van der Waals surface area contributed by atoms with Crippen LogP contribution in [0.5, 0.6) is 0 Å². The zero-order valence-electron chi connectivity index (χ0n) is 17.7. The fraction of sp³-hybridized carbons (Fsp3) is 0.273. The van der Waals surface area contributed by atoms with Crippen LogP contribution >= 0.6 is 34.8 Å². The molecular weight excluding hydrogens is 545 g/mol. The molecule has 1 unspecified atom stereocenters. The van der Waals surface area contributed by atoms with Crippen LogP contribution in [0.25, 0.3) is 6.08 Å². The van der Waals surface area contributed by atoms with E-state index in [4.69, 9.17) is 40.5 Å². The third kappa shape index (κ3) is 7.28. The summed E-state index contributed by atoms with van der Waals surface area (Å²) in [5, 5.41) is 1.50. The average Bonchev–Trinajstić information content (AvgIpc) is 2.73. The van der Waals surface area contributed by atoms with Crippen molar-refractivity contribution < 1.29 is 35.9 Å². The van der Waals surface area contributed by atoms with Gasteiger partial charge in [-0.25, -0.2) is 0 Å². The summed E-state index contributed by atoms with van der Waals surface area (Å²) in [4.78, 5) is 23.7. The fourth-order valence-corrected chi connectivity index (χ4v) is 3.69. The Morgan fingerprint density at radius 1 is 1.03 bits per heavy atom. The van der Waals surface area contributed by atoms with E-state index in [1.807, 2.05) is 0 Å². The number of rotatable bonds is 7. The van der Waals surface area contributed by atoms with Crippen LogP contribution in [0.1, 0.15) is 46.3 Å². The van der Waals surface area contributed by atoms with Crippen LogP contribution in [-0.2, 0) is 11.0 Å². The van der Waals surface area contributed by atoms with Crippen molar-refractivity contribution >= 4 is 52.7 Å². The summed E-state index contributed by atoms with van der Waals surface area (Å²) >= 11 is 17.4. The zero-order chi connectivity index (χ0) is 26.7. The average molecular weight is 562 g/mol. The van der Waals surface area contributed by atoms with Gasteiger partial charge in [-0.05, 0) is 41.8 Å². The normalized spacial score (nSPS) is 14.1. The Morgan fingerprint density at radius 3 is 2.06 bits per heavy atom. The Kier molecular flexibility index (Phi) is 9.13. The van der Waals surface area contributed by atoms with Crippen LogP contribution in [0.2, 0.25) is 15.1 Å². The molecule has 0 spiro atoms. The van der Waals surface area contributed by atoms with Crippen LogP contribution in [0, 0.1) is 0 Å². The second kappa shape index (κ2) is 11.1. The molecule has 0 fully saturated rings. The number of nitrogens with one attached hydrogen (secondary N) is 1. The maximum Gasteiger partial charge on any atom is 0.417 e. The van der Waals surface area contributed by atoms with Gasteiger partial charge in [-0.2, -0.15) is 26.3 Å². The Morgan fingerprint density at radius 2 is 1.60 bits per heavy atom. The Bertz CT molecular complexity index is 1130. The molecule has 0 radical (unpaired) electrons. The van der Waals surface area contributed by atoms with E-state index in [0.29, 0.717) is 12.1 Å². The largest absolute Gasteiger partial charge is 0.417 e. The topological polar surface area (TPSA) is 72.2 Å². The Hall–Kier alpha value is -2.43. The number of benzene rings is 2. The minimum Gasteiger partial charge on any atom is -0.368 e. The summed E-state index contributed by atoms with van der Waals surface area (Å²) in [6.45, 7) is 1.49. The van der Waals surface area contributed by atoms with Gasteiger partial charge in [0, 0.05) is 0 Å². The van der Waals surface area contributed by atoms with Gasteiger partial charge in [0.2, 0.25) is 5.91 Å². The van der Waals surface area contributed by atoms with Crippen molar-refractivity contribution in [3.63, 3.8) is 0 Å². The van der Waals surface area contributed by atoms with Crippen molar-refractivity contribution in [2.24, 2.45) is 5.73 Å². The van der Waals surface area contributed by atoms with Crippen LogP contribution in [-0.4, -0.2) is 24.0 Å². The molecule has 0 saturated heterocycles. The maximum atomic E-state index is 13.7. The van der Waals surface area contributed by atoms with Gasteiger partial charge in [0.15, 0.2) is 0 Å². The number of hydrogen-bond donors (Lipinski definition) is 2. The molecule has 4 nitrogen and oxygen atoms in total. The predicted octanol–water partition coefficient (Wildman–Crippen LogP) is 7.02. The molecule has 0 aliphatic rings. The van der Waals surface area contributed by atoms with Crippen LogP contribution < -0.4 is 11.1 Å². The minimum atomic E-state index is -5.02. The molecule has 3 N–H and O–H groups in total. The second-order valence-corrected chi connectivity index (χ2v) is 8.51. The molecule has 2 aromatic carbocycles. The van der Waals surface area contributed by atoms with Gasteiger partial charge in [0.25, 0.3) is 5.91 Å². The van der Waals surface area contributed by atoms with Gasteiger partial charge in [0.05, 0.1) is 32.1 Å². The summed E-state index contributed by atoms with van der Waals surface area (Å²) in [5.74, 6) is -4.42. The lowest BCUT2D eigenvalue weighted by Crippen LogP contribution is -2.44. The maximum absolute atomic E-state index is 13.7. The molecular formula is C22H17Cl3F6N2O2. The lowest BCUT2D eigenvalue weighted by molar-refractivity contribution is -0.139. The number of alkyl halides is 6. The molecule has 2 amide bonds. The first-order chi connectivity index (χ1) is 16.1. The van der Waals surface area contributed by atoms with E-state index in [-0.39, 0.29) is 32.6 Å². The predicted molar refractivity (Wildman–Crippen MR) is 121 cm³/mol. The monoisotopic (exact) mass is 560 g/mol. The number of halogens is 9. The Balaban J connectivity index is 2.49. The van der Waals surface area contributed by atoms with Crippen LogP contribution in [0.3, 0.4) is 0 Å². The highest BCUT2D eigenvalue weighted by Gasteiger charge is 2.40. The number of allylic oxidation sites excluding steroid dienone is 1. The van der Waals surface area contributed by atoms with E-state index < -0.39 is 47.3 Å². The zero-order valence-corrected chi connectivity index (χ0v) is 20.0. The third-order valence-electron chi connectivity index (χ3n) is 4.85. The molecule has 2 rings (SSSR count). The molecule has 0 bridgehead atoms. The molecule has 0 heterocycles. The summed E-state index contributed by atoms with van der Waals surface area (Å²) in [6, 6.07) is 3.05. The van der Waals surface area contributed by atoms with Crippen molar-refractivity contribution in [2.75, 3.05) is 0 Å². The number of nitrogens with two attached hydrogens (primary N) is 1. The summed E-state index contributed by atoms with van der Waals surface area (Å²) < 4.78 is 82.0. The first kappa shape index (κ1) is 28.8. The van der Waals surface area contributed by atoms with Gasteiger partial charge >= 0.3 is 12.4 Å². The molecule has 2 atom stereocenters. The minimum absolute atomic E-state index is 0.0425. The number of carbonyl (C=O) groups is 2. The van der Waals surface area contributed by atoms with Crippen molar-refractivity contribution in [1.29, 1.82) is 0 Å². The third-order valence-corrected chi connectivity index (χ3v) is 6.05. The van der Waals surface area contributed by atoms with Crippen molar-refractivity contribution in [3.05, 3.63) is 73.7 Å². The lowest BCUT2D eigenvalue weighted by atomic mass is 9.96. The summed E-state index contributed by atoms with van der Waals surface area (Å²) in [6.07, 6.45) is -8.37. The number of hydrogen-bond acceptors (Lipinski definition) is 2. The first-order valence-corrected chi connectivity index (χ1v) is 10.9. The smallest absolute Gasteiger partial charge is 0.368 e. The molecule has 0 saturated carbocycles. The highest BCUT2D eigenvalue weighted by molar-refractivity contribution is 6.48. The quantitative estimate of drug-likeness (QED) is 0.282. The van der Waals surface area contributed by atoms with E-state index in [9.17, 15) is 35.9 Å². The lowest BCUT2D eigenvalue weighted by Gasteiger charge is -2.19. The molecule has 190 valence electrons. The van der Waals surface area contributed by atoms with E-state index in [1.165, 1.54) is 6.92 Å². The highest BCUT2D eigenvalue weighted by atomic mass is 35.5. The highest BCUT2D eigenvalue weighted by Crippen LogP contribution is 2.41. The molecule has 0 aliphatic carbocycles. The standard InChI is InChI=1S/C22H17Cl3F6N2O2/c1-2-17(19(32)34)33-20(35)12-5-3-10(7-14(12)22(29,30)31)4-6-13(21(26,27)28)11-8-15(23)18(25)16(24)9-11/h3-9,13,17H,2H2,1H3,(H2,32,34)(H,33,35)/b6-4+/t13?,17-/m1/s1. The SMILES string of the molecule is CC[C@@H](NC(=O)c1ccc(/C=C/C(c2cc(Cl)c(Cl)c(Cl)c2)C(F)(F)F)cc1C(F)(F)F)C(N)=O. The van der Waals surface area contributed by atoms with Gasteiger partial charge in [-0.1, -0.05) is 59.9 Å². The van der Waals surface area contributed by atoms with Crippen molar-refractivity contribution in [1.82, 2.24) is 5.32 Å². The molecule has 0 aromatic heterocycles. The molecule has 13 heteroatoms. The molecule has 2 aromatic rings. The van der Waals surface area contributed by atoms with E-state index >= 15 is 0 Å². The second-order valence-electron chi connectivity index (χ2n) is 7.32. The number of amides is 2. The Labute approximate surface area is 211 Å². The van der Waals surface area contributed by atoms with E-state index in [2.05, 4.69) is 5.32 Å². The van der Waals surface area contributed by atoms with Gasteiger partial charge in [-0.15, -0.1) is 0 Å². The molecule has 35 heavy (non-hydrogen) atoms. The number of carbonyl (C=O) groups excluding carboxylic acids is 2. The fourth-order valence-electron chi connectivity index (χ4n) is 3.08. The summed E-state index contributed by atoms with van der Waals surface area (Å²) in [5.41, 5.74) is 2.23. The molecule has 0 aliphatic heterocycles. The van der Waals surface area contributed by atoms with Gasteiger partial charge < -0.3 is 11.1 Å². The van der Waals surface area contributed by atoms with E-state index in [1.54, 1.807) is 0 Å². The van der Waals surface area contributed by atoms with Gasteiger partial charge in [-0.3, -0.25) is 9.59 Å². The van der Waals surface area contributed by atoms with Crippen LogP contribution in [0.15, 0.2) is 36.4 Å². The van der Waals surface area contributed by atoms with E-state index in [0.717, 1.165) is 30.3 Å².